The molecule has 5 heteroatoms. The highest BCUT2D eigenvalue weighted by atomic mass is 35.5. The second-order valence-corrected chi connectivity index (χ2v) is 6.05. The van der Waals surface area contributed by atoms with E-state index in [2.05, 4.69) is 6.07 Å². The summed E-state index contributed by atoms with van der Waals surface area (Å²) in [6.07, 6.45) is 0. The minimum absolute atomic E-state index is 0.124. The summed E-state index contributed by atoms with van der Waals surface area (Å²) in [5, 5.41) is 0.262. The molecule has 1 radical (unpaired) electrons. The summed E-state index contributed by atoms with van der Waals surface area (Å²) in [5.74, 6) is 0. The third kappa shape index (κ3) is 2.36. The Bertz CT molecular complexity index is 398. The number of hydrogen-bond acceptors (Lipinski definition) is 2. The molecule has 0 heterocycles. The van der Waals surface area contributed by atoms with Gasteiger partial charge in [-0.2, -0.15) is 0 Å². The van der Waals surface area contributed by atoms with Gasteiger partial charge in [0.25, 0.3) is 0 Å². The first-order valence-corrected chi connectivity index (χ1v) is 5.86. The van der Waals surface area contributed by atoms with Crippen molar-refractivity contribution < 1.29 is 8.42 Å². The monoisotopic (exact) mass is 237 g/mol. The maximum atomic E-state index is 11.5. The number of benzene rings is 1. The van der Waals surface area contributed by atoms with E-state index < -0.39 is 14.5 Å². The number of hydrogen-bond donors (Lipinski definition) is 0. The van der Waals surface area contributed by atoms with Crippen LogP contribution >= 0.6 is 23.2 Å². The highest BCUT2D eigenvalue weighted by molar-refractivity contribution is 7.93. The summed E-state index contributed by atoms with van der Waals surface area (Å²) in [7, 11) is -3.44. The minimum atomic E-state index is -3.44. The van der Waals surface area contributed by atoms with Crippen LogP contribution in [0.3, 0.4) is 0 Å². The SMILES string of the molecule is C[C@@H](Cl)S(=O)(=O)c1cc[c]c(Cl)c1. The van der Waals surface area contributed by atoms with Crippen molar-refractivity contribution in [1.82, 2.24) is 0 Å². The second-order valence-electron chi connectivity index (χ2n) is 2.46. The zero-order chi connectivity index (χ0) is 10.1. The lowest BCUT2D eigenvalue weighted by molar-refractivity contribution is 0.594. The topological polar surface area (TPSA) is 34.1 Å². The van der Waals surface area contributed by atoms with Gasteiger partial charge >= 0.3 is 0 Å². The van der Waals surface area contributed by atoms with E-state index in [0.29, 0.717) is 0 Å². The number of halogens is 2. The molecule has 1 rings (SSSR count). The lowest BCUT2D eigenvalue weighted by atomic mass is 10.4. The van der Waals surface area contributed by atoms with Gasteiger partial charge in [0.1, 0.15) is 4.71 Å². The molecule has 0 spiro atoms. The highest BCUT2D eigenvalue weighted by Crippen LogP contribution is 2.20. The smallest absolute Gasteiger partial charge is 0.194 e. The van der Waals surface area contributed by atoms with Crippen molar-refractivity contribution in [3.8, 4) is 0 Å². The summed E-state index contributed by atoms with van der Waals surface area (Å²) >= 11 is 11.1. The van der Waals surface area contributed by atoms with Crippen LogP contribution in [0.5, 0.6) is 0 Å². The minimum Gasteiger partial charge on any atom is -0.222 e. The van der Waals surface area contributed by atoms with Crippen LogP contribution in [-0.2, 0) is 9.84 Å². The van der Waals surface area contributed by atoms with E-state index in [0.717, 1.165) is 0 Å². The largest absolute Gasteiger partial charge is 0.222 e. The van der Waals surface area contributed by atoms with Gasteiger partial charge in [-0.25, -0.2) is 8.42 Å². The molecule has 0 saturated carbocycles. The highest BCUT2D eigenvalue weighted by Gasteiger charge is 2.20. The molecule has 71 valence electrons. The van der Waals surface area contributed by atoms with Gasteiger partial charge in [0.2, 0.25) is 0 Å². The van der Waals surface area contributed by atoms with E-state index in [4.69, 9.17) is 23.2 Å². The Morgan fingerprint density at radius 2 is 2.15 bits per heavy atom. The Hall–Kier alpha value is -0.250. The Morgan fingerprint density at radius 3 is 2.62 bits per heavy atom. The van der Waals surface area contributed by atoms with E-state index in [-0.39, 0.29) is 9.92 Å². The molecule has 0 aromatic heterocycles. The van der Waals surface area contributed by atoms with Crippen molar-refractivity contribution in [2.75, 3.05) is 0 Å². The molecule has 1 aromatic rings. The average Bonchev–Trinajstić information content (AvgIpc) is 2.04. The van der Waals surface area contributed by atoms with Gasteiger partial charge in [-0.1, -0.05) is 17.7 Å². The maximum Gasteiger partial charge on any atom is 0.194 e. The zero-order valence-electron chi connectivity index (χ0n) is 6.79. The molecule has 0 aliphatic carbocycles. The van der Waals surface area contributed by atoms with Crippen molar-refractivity contribution in [3.63, 3.8) is 0 Å². The van der Waals surface area contributed by atoms with Crippen molar-refractivity contribution in [1.29, 1.82) is 0 Å². The molecule has 0 N–H and O–H groups in total. The van der Waals surface area contributed by atoms with Gasteiger partial charge in [-0.15, -0.1) is 11.6 Å². The Kier molecular flexibility index (Phi) is 3.22. The van der Waals surface area contributed by atoms with Gasteiger partial charge in [-0.3, -0.25) is 0 Å². The van der Waals surface area contributed by atoms with E-state index >= 15 is 0 Å². The van der Waals surface area contributed by atoms with Crippen LogP contribution in [0.15, 0.2) is 23.1 Å². The zero-order valence-corrected chi connectivity index (χ0v) is 9.12. The van der Waals surface area contributed by atoms with Gasteiger partial charge in [0.05, 0.1) is 4.90 Å². The molecule has 0 bridgehead atoms. The fourth-order valence-corrected chi connectivity index (χ4v) is 2.25. The average molecular weight is 238 g/mol. The number of alkyl halides is 1. The van der Waals surface area contributed by atoms with Crippen LogP contribution in [0.1, 0.15) is 6.92 Å². The van der Waals surface area contributed by atoms with Crippen molar-refractivity contribution in [2.45, 2.75) is 16.5 Å². The summed E-state index contributed by atoms with van der Waals surface area (Å²) in [6, 6.07) is 6.84. The number of rotatable bonds is 2. The molecule has 0 fully saturated rings. The van der Waals surface area contributed by atoms with E-state index in [9.17, 15) is 8.42 Å². The molecular formula is C8H7Cl2O2S. The van der Waals surface area contributed by atoms with E-state index in [1.807, 2.05) is 0 Å². The third-order valence-electron chi connectivity index (χ3n) is 1.49. The van der Waals surface area contributed by atoms with Gasteiger partial charge in [0, 0.05) is 11.1 Å². The quantitative estimate of drug-likeness (QED) is 0.742. The van der Waals surface area contributed by atoms with Crippen molar-refractivity contribution >= 4 is 33.0 Å². The fourth-order valence-electron chi connectivity index (χ4n) is 0.783. The lowest BCUT2D eigenvalue weighted by Crippen LogP contribution is -2.11. The molecule has 1 atom stereocenters. The summed E-state index contributed by atoms with van der Waals surface area (Å²) in [6.45, 7) is 1.40. The normalized spacial score (nSPS) is 14.1. The summed E-state index contributed by atoms with van der Waals surface area (Å²) in [4.78, 5) is 0.124. The van der Waals surface area contributed by atoms with E-state index in [1.165, 1.54) is 25.1 Å². The first-order chi connectivity index (χ1) is 5.94. The molecule has 2 nitrogen and oxygen atoms in total. The standard InChI is InChI=1S/C8H7Cl2O2S/c1-6(9)13(11,12)8-4-2-3-7(10)5-8/h2,4-6H,1H3/t6-/m0/s1. The molecule has 0 aliphatic rings. The Morgan fingerprint density at radius 1 is 1.54 bits per heavy atom. The Labute approximate surface area is 87.4 Å². The number of sulfone groups is 1. The summed E-state index contributed by atoms with van der Waals surface area (Å²) in [5.41, 5.74) is 0. The fraction of sp³-hybridized carbons (Fsp3) is 0.250. The van der Waals surface area contributed by atoms with Crippen LogP contribution in [-0.4, -0.2) is 13.1 Å². The molecule has 0 amide bonds. The van der Waals surface area contributed by atoms with Gasteiger partial charge in [0.15, 0.2) is 9.84 Å². The van der Waals surface area contributed by atoms with Crippen LogP contribution in [0.4, 0.5) is 0 Å². The molecule has 1 aromatic carbocycles. The predicted molar refractivity (Wildman–Crippen MR) is 52.8 cm³/mol. The van der Waals surface area contributed by atoms with E-state index in [1.54, 1.807) is 0 Å². The molecule has 0 aliphatic heterocycles. The lowest BCUT2D eigenvalue weighted by Gasteiger charge is -2.05. The third-order valence-corrected chi connectivity index (χ3v) is 4.18. The van der Waals surface area contributed by atoms with Crippen molar-refractivity contribution in [2.24, 2.45) is 0 Å². The molecule has 13 heavy (non-hydrogen) atoms. The second kappa shape index (κ2) is 3.86. The van der Waals surface area contributed by atoms with Crippen LogP contribution in [0.25, 0.3) is 0 Å². The first-order valence-electron chi connectivity index (χ1n) is 3.50. The molecular weight excluding hydrogens is 231 g/mol. The van der Waals surface area contributed by atoms with Crippen molar-refractivity contribution in [3.05, 3.63) is 29.3 Å². The predicted octanol–water partition coefficient (Wildman–Crippen LogP) is 2.50. The van der Waals surface area contributed by atoms with Crippen LogP contribution in [0.2, 0.25) is 5.02 Å². The molecule has 0 saturated heterocycles. The van der Waals surface area contributed by atoms with Gasteiger partial charge in [-0.05, 0) is 19.1 Å². The van der Waals surface area contributed by atoms with Gasteiger partial charge < -0.3 is 0 Å². The van der Waals surface area contributed by atoms with Crippen LogP contribution < -0.4 is 0 Å². The molecule has 0 unspecified atom stereocenters. The maximum absolute atomic E-state index is 11.5. The summed E-state index contributed by atoms with van der Waals surface area (Å²) < 4.78 is 22.0. The first kappa shape index (κ1) is 10.8. The van der Waals surface area contributed by atoms with Crippen LogP contribution in [0, 0.1) is 6.07 Å². The Balaban J connectivity index is 3.24.